The summed E-state index contributed by atoms with van der Waals surface area (Å²) in [5.74, 6) is -3.86. The Kier molecular flexibility index (Phi) is 6.51. The first-order valence-corrected chi connectivity index (χ1v) is 6.99. The molecule has 0 spiro atoms. The highest BCUT2D eigenvalue weighted by molar-refractivity contribution is 5.96. The molecule has 138 valence electrons. The van der Waals surface area contributed by atoms with Gasteiger partial charge in [-0.15, -0.1) is 0 Å². The maximum Gasteiger partial charge on any atom is 0.428 e. The number of hydrogen-bond acceptors (Lipinski definition) is 6. The summed E-state index contributed by atoms with van der Waals surface area (Å²) < 4.78 is 47.3. The summed E-state index contributed by atoms with van der Waals surface area (Å²) >= 11 is 0. The Bertz CT molecular complexity index is 644. The van der Waals surface area contributed by atoms with Gasteiger partial charge in [-0.3, -0.25) is 4.79 Å². The van der Waals surface area contributed by atoms with Crippen LogP contribution in [0.2, 0.25) is 0 Å². The number of carbonyl (C=O) groups is 3. The van der Waals surface area contributed by atoms with Crippen molar-refractivity contribution in [1.82, 2.24) is 0 Å². The number of benzene rings is 1. The zero-order chi connectivity index (χ0) is 19.3. The van der Waals surface area contributed by atoms with Crippen molar-refractivity contribution in [2.75, 3.05) is 19.0 Å². The molecular formula is C15H16F3NO6. The quantitative estimate of drug-likeness (QED) is 0.746. The number of esters is 2. The molecule has 1 aromatic rings. The molecule has 0 bridgehead atoms. The maximum atomic E-state index is 12.9. The molecule has 1 amide bonds. The molecule has 0 fully saturated rings. The van der Waals surface area contributed by atoms with E-state index in [4.69, 9.17) is 4.74 Å². The van der Waals surface area contributed by atoms with Gasteiger partial charge in [-0.05, 0) is 31.2 Å². The van der Waals surface area contributed by atoms with Crippen LogP contribution in [0.3, 0.4) is 0 Å². The van der Waals surface area contributed by atoms with Crippen molar-refractivity contribution in [3.05, 3.63) is 29.8 Å². The Morgan fingerprint density at radius 1 is 1.16 bits per heavy atom. The number of rotatable bonds is 6. The molecule has 1 rings (SSSR count). The first-order valence-electron chi connectivity index (χ1n) is 6.99. The number of carbonyl (C=O) groups excluding carboxylic acids is 3. The molecule has 0 radical (unpaired) electrons. The van der Waals surface area contributed by atoms with Crippen molar-refractivity contribution in [2.45, 2.75) is 25.1 Å². The van der Waals surface area contributed by atoms with Crippen LogP contribution in [0.15, 0.2) is 24.3 Å². The largest absolute Gasteiger partial charge is 0.467 e. The lowest BCUT2D eigenvalue weighted by atomic mass is 9.98. The van der Waals surface area contributed by atoms with Crippen molar-refractivity contribution in [1.29, 1.82) is 0 Å². The van der Waals surface area contributed by atoms with Crippen LogP contribution in [0.4, 0.5) is 18.9 Å². The van der Waals surface area contributed by atoms with Gasteiger partial charge in [0.1, 0.15) is 0 Å². The Morgan fingerprint density at radius 2 is 1.72 bits per heavy atom. The Balaban J connectivity index is 2.84. The van der Waals surface area contributed by atoms with E-state index in [1.165, 1.54) is 24.3 Å². The van der Waals surface area contributed by atoms with Gasteiger partial charge in [0.15, 0.2) is 0 Å². The van der Waals surface area contributed by atoms with Gasteiger partial charge in [0, 0.05) is 5.69 Å². The molecule has 0 saturated heterocycles. The zero-order valence-corrected chi connectivity index (χ0v) is 13.3. The molecule has 25 heavy (non-hydrogen) atoms. The fourth-order valence-corrected chi connectivity index (χ4v) is 1.80. The van der Waals surface area contributed by atoms with Gasteiger partial charge in [-0.1, -0.05) is 0 Å². The Morgan fingerprint density at radius 3 is 2.16 bits per heavy atom. The number of methoxy groups -OCH3 is 1. The summed E-state index contributed by atoms with van der Waals surface area (Å²) in [6.07, 6.45) is -6.98. The monoisotopic (exact) mass is 363 g/mol. The number of ether oxygens (including phenoxy) is 2. The smallest absolute Gasteiger partial charge is 0.428 e. The number of hydrogen-bond donors (Lipinski definition) is 2. The topological polar surface area (TPSA) is 102 Å². The van der Waals surface area contributed by atoms with Crippen LogP contribution in [0.5, 0.6) is 0 Å². The number of alkyl halides is 3. The third-order valence-electron chi connectivity index (χ3n) is 3.09. The van der Waals surface area contributed by atoms with Crippen LogP contribution >= 0.6 is 0 Å². The van der Waals surface area contributed by atoms with Crippen molar-refractivity contribution >= 4 is 23.5 Å². The van der Waals surface area contributed by atoms with Crippen LogP contribution in [0, 0.1) is 0 Å². The second-order valence-electron chi connectivity index (χ2n) is 4.87. The summed E-state index contributed by atoms with van der Waals surface area (Å²) in [5, 5.41) is 11.6. The van der Waals surface area contributed by atoms with E-state index in [2.05, 4.69) is 10.1 Å². The summed E-state index contributed by atoms with van der Waals surface area (Å²) in [7, 11) is 0.658. The lowest BCUT2D eigenvalue weighted by molar-refractivity contribution is -0.261. The van der Waals surface area contributed by atoms with Gasteiger partial charge >= 0.3 is 18.1 Å². The predicted octanol–water partition coefficient (Wildman–Crippen LogP) is 1.66. The van der Waals surface area contributed by atoms with Crippen LogP contribution in [-0.2, 0) is 19.1 Å². The number of amides is 1. The van der Waals surface area contributed by atoms with Gasteiger partial charge in [0.25, 0.3) is 5.60 Å². The molecule has 0 saturated carbocycles. The van der Waals surface area contributed by atoms with Gasteiger partial charge in [0.05, 0.1) is 25.7 Å². The highest BCUT2D eigenvalue weighted by Gasteiger charge is 2.61. The minimum Gasteiger partial charge on any atom is -0.467 e. The lowest BCUT2D eigenvalue weighted by Crippen LogP contribution is -2.54. The molecule has 0 aromatic heterocycles. The predicted molar refractivity (Wildman–Crippen MR) is 78.7 cm³/mol. The average Bonchev–Trinajstić information content (AvgIpc) is 2.53. The third kappa shape index (κ3) is 4.92. The second kappa shape index (κ2) is 7.97. The molecule has 0 aliphatic carbocycles. The van der Waals surface area contributed by atoms with Crippen LogP contribution in [0.25, 0.3) is 0 Å². The summed E-state index contributed by atoms with van der Waals surface area (Å²) in [4.78, 5) is 34.4. The molecule has 0 unspecified atom stereocenters. The van der Waals surface area contributed by atoms with Gasteiger partial charge in [0.2, 0.25) is 5.91 Å². The highest BCUT2D eigenvalue weighted by atomic mass is 19.4. The van der Waals surface area contributed by atoms with E-state index in [1.807, 2.05) is 0 Å². The van der Waals surface area contributed by atoms with Crippen molar-refractivity contribution in [2.24, 2.45) is 0 Å². The first-order chi connectivity index (χ1) is 11.5. The van der Waals surface area contributed by atoms with Gasteiger partial charge in [-0.2, -0.15) is 13.2 Å². The van der Waals surface area contributed by atoms with E-state index in [-0.39, 0.29) is 17.9 Å². The van der Waals surface area contributed by atoms with E-state index in [0.29, 0.717) is 7.11 Å². The molecular weight excluding hydrogens is 347 g/mol. The number of halogens is 3. The Labute approximate surface area is 140 Å². The van der Waals surface area contributed by atoms with Crippen molar-refractivity contribution < 1.29 is 42.1 Å². The normalized spacial score (nSPS) is 13.5. The number of nitrogens with one attached hydrogen (secondary N) is 1. The van der Waals surface area contributed by atoms with Gasteiger partial charge < -0.3 is 19.9 Å². The molecule has 7 nitrogen and oxygen atoms in total. The van der Waals surface area contributed by atoms with Crippen LogP contribution in [0.1, 0.15) is 23.7 Å². The molecule has 0 aliphatic heterocycles. The fraction of sp³-hybridized carbons (Fsp3) is 0.400. The lowest BCUT2D eigenvalue weighted by Gasteiger charge is -2.26. The minimum atomic E-state index is -5.40. The Hall–Kier alpha value is -2.62. The average molecular weight is 363 g/mol. The van der Waals surface area contributed by atoms with Crippen LogP contribution in [-0.4, -0.2) is 48.4 Å². The molecule has 0 aliphatic rings. The molecule has 0 heterocycles. The zero-order valence-electron chi connectivity index (χ0n) is 13.3. The summed E-state index contributed by atoms with van der Waals surface area (Å²) in [5.41, 5.74) is -3.72. The summed E-state index contributed by atoms with van der Waals surface area (Å²) in [6, 6.07) is 5.11. The van der Waals surface area contributed by atoms with Crippen molar-refractivity contribution in [3.63, 3.8) is 0 Å². The van der Waals surface area contributed by atoms with E-state index in [9.17, 15) is 32.7 Å². The van der Waals surface area contributed by atoms with E-state index >= 15 is 0 Å². The highest BCUT2D eigenvalue weighted by Crippen LogP contribution is 2.34. The number of anilines is 1. The number of aliphatic hydroxyl groups is 1. The standard InChI is InChI=1S/C15H16F3NO6/c1-3-25-12(21)9-4-6-10(7-5-9)19-11(20)8-14(23,13(22)24-2)15(16,17)18/h4-7,23H,3,8H2,1-2H3,(H,19,20)/t14-/m1/s1. The minimum absolute atomic E-state index is 0.0624. The van der Waals surface area contributed by atoms with E-state index in [0.717, 1.165) is 0 Å². The molecule has 10 heteroatoms. The molecule has 2 N–H and O–H groups in total. The van der Waals surface area contributed by atoms with Crippen molar-refractivity contribution in [3.8, 4) is 0 Å². The maximum absolute atomic E-state index is 12.9. The SMILES string of the molecule is CCOC(=O)c1ccc(NC(=O)C[C@@](O)(C(=O)OC)C(F)(F)F)cc1. The van der Waals surface area contributed by atoms with E-state index in [1.54, 1.807) is 6.92 Å². The third-order valence-corrected chi connectivity index (χ3v) is 3.09. The fourth-order valence-electron chi connectivity index (χ4n) is 1.80. The van der Waals surface area contributed by atoms with Gasteiger partial charge in [-0.25, -0.2) is 9.59 Å². The summed E-state index contributed by atoms with van der Waals surface area (Å²) in [6.45, 7) is 1.79. The molecule has 1 aromatic carbocycles. The van der Waals surface area contributed by atoms with Crippen LogP contribution < -0.4 is 5.32 Å². The second-order valence-corrected chi connectivity index (χ2v) is 4.87. The van der Waals surface area contributed by atoms with E-state index < -0.39 is 36.0 Å². The molecule has 1 atom stereocenters. The first kappa shape index (κ1) is 20.4.